The molecule has 0 amide bonds. The van der Waals surface area contributed by atoms with E-state index in [0.717, 1.165) is 13.0 Å². The molecule has 0 saturated carbocycles. The van der Waals surface area contributed by atoms with Crippen molar-refractivity contribution in [3.8, 4) is 0 Å². The molecule has 5 heteroatoms. The highest BCUT2D eigenvalue weighted by molar-refractivity contribution is 8.00. The van der Waals surface area contributed by atoms with E-state index in [9.17, 15) is 13.2 Å². The zero-order chi connectivity index (χ0) is 15.1. The first-order chi connectivity index (χ1) is 9.56. The van der Waals surface area contributed by atoms with E-state index in [1.165, 1.54) is 57.8 Å². The van der Waals surface area contributed by atoms with Crippen LogP contribution < -0.4 is 5.32 Å². The van der Waals surface area contributed by atoms with Crippen LogP contribution in [0.4, 0.5) is 13.2 Å². The number of alkyl halides is 3. The molecule has 0 saturated heterocycles. The van der Waals surface area contributed by atoms with Crippen molar-refractivity contribution in [1.29, 1.82) is 0 Å². The molecular weight excluding hydrogens is 283 g/mol. The first-order valence-corrected chi connectivity index (χ1v) is 8.96. The summed E-state index contributed by atoms with van der Waals surface area (Å²) in [5.41, 5.74) is -4.08. The number of halogens is 3. The van der Waals surface area contributed by atoms with Crippen molar-refractivity contribution >= 4 is 11.8 Å². The monoisotopic (exact) mass is 313 g/mol. The lowest BCUT2D eigenvalue weighted by atomic mass is 10.1. The molecule has 0 bridgehead atoms. The first kappa shape index (κ1) is 20.1. The zero-order valence-corrected chi connectivity index (χ0v) is 13.6. The van der Waals surface area contributed by atoms with Crippen molar-refractivity contribution in [3.05, 3.63) is 0 Å². The third kappa shape index (κ3) is 18.1. The minimum Gasteiger partial charge on any atom is -0.316 e. The maximum absolute atomic E-state index is 11.8. The Morgan fingerprint density at radius 3 is 1.75 bits per heavy atom. The van der Waals surface area contributed by atoms with Gasteiger partial charge in [-0.25, -0.2) is 0 Å². The van der Waals surface area contributed by atoms with Gasteiger partial charge >= 0.3 is 5.51 Å². The Labute approximate surface area is 126 Å². The molecule has 0 aromatic carbocycles. The number of hydrogen-bond donors (Lipinski definition) is 1. The predicted octanol–water partition coefficient (Wildman–Crippen LogP) is 5.75. The highest BCUT2D eigenvalue weighted by Crippen LogP contribution is 2.29. The molecule has 122 valence electrons. The van der Waals surface area contributed by atoms with Gasteiger partial charge in [-0.1, -0.05) is 64.7 Å². The Kier molecular flexibility index (Phi) is 14.1. The fourth-order valence-electron chi connectivity index (χ4n) is 2.10. The van der Waals surface area contributed by atoms with Gasteiger partial charge in [0.05, 0.1) is 0 Å². The largest absolute Gasteiger partial charge is 0.441 e. The van der Waals surface area contributed by atoms with Gasteiger partial charge in [-0.15, -0.1) is 0 Å². The first-order valence-electron chi connectivity index (χ1n) is 7.97. The van der Waals surface area contributed by atoms with Gasteiger partial charge in [0.25, 0.3) is 0 Å². The SMILES string of the molecule is CCCCCCCCCCCCNCCSC(F)(F)F. The zero-order valence-electron chi connectivity index (χ0n) is 12.7. The highest BCUT2D eigenvalue weighted by atomic mass is 32.2. The van der Waals surface area contributed by atoms with E-state index in [4.69, 9.17) is 0 Å². The quantitative estimate of drug-likeness (QED) is 0.410. The van der Waals surface area contributed by atoms with Gasteiger partial charge in [0.15, 0.2) is 0 Å². The van der Waals surface area contributed by atoms with Gasteiger partial charge in [0.1, 0.15) is 0 Å². The smallest absolute Gasteiger partial charge is 0.316 e. The van der Waals surface area contributed by atoms with Gasteiger partial charge < -0.3 is 5.32 Å². The van der Waals surface area contributed by atoms with Gasteiger partial charge in [-0.3, -0.25) is 0 Å². The lowest BCUT2D eigenvalue weighted by Crippen LogP contribution is -2.19. The summed E-state index contributed by atoms with van der Waals surface area (Å²) in [5, 5.41) is 3.06. The van der Waals surface area contributed by atoms with E-state index >= 15 is 0 Å². The summed E-state index contributed by atoms with van der Waals surface area (Å²) in [7, 11) is 0. The molecule has 0 aliphatic heterocycles. The molecule has 0 aromatic rings. The lowest BCUT2D eigenvalue weighted by Gasteiger charge is -2.07. The minimum atomic E-state index is -4.08. The van der Waals surface area contributed by atoms with Crippen molar-refractivity contribution in [3.63, 3.8) is 0 Å². The van der Waals surface area contributed by atoms with Gasteiger partial charge in [-0.2, -0.15) is 13.2 Å². The molecule has 0 aromatic heterocycles. The number of thioether (sulfide) groups is 1. The molecule has 0 radical (unpaired) electrons. The van der Waals surface area contributed by atoms with Crippen molar-refractivity contribution in [2.24, 2.45) is 0 Å². The fraction of sp³-hybridized carbons (Fsp3) is 1.00. The molecule has 0 spiro atoms. The number of hydrogen-bond acceptors (Lipinski definition) is 2. The van der Waals surface area contributed by atoms with Crippen molar-refractivity contribution in [2.75, 3.05) is 18.8 Å². The molecule has 0 unspecified atom stereocenters. The average Bonchev–Trinajstić information content (AvgIpc) is 2.38. The standard InChI is InChI=1S/C15H30F3NS/c1-2-3-4-5-6-7-8-9-10-11-12-19-13-14-20-15(16,17)18/h19H,2-14H2,1H3. The van der Waals surface area contributed by atoms with Crippen LogP contribution >= 0.6 is 11.8 Å². The van der Waals surface area contributed by atoms with E-state index in [2.05, 4.69) is 12.2 Å². The van der Waals surface area contributed by atoms with E-state index in [0.29, 0.717) is 6.54 Å². The molecule has 20 heavy (non-hydrogen) atoms. The summed E-state index contributed by atoms with van der Waals surface area (Å²) >= 11 is 0.0539. The van der Waals surface area contributed by atoms with Crippen molar-refractivity contribution in [1.82, 2.24) is 5.32 Å². The Bertz CT molecular complexity index is 198. The summed E-state index contributed by atoms with van der Waals surface area (Å²) in [4.78, 5) is 0. The van der Waals surface area contributed by atoms with Gasteiger partial charge in [0, 0.05) is 12.3 Å². The van der Waals surface area contributed by atoms with Gasteiger partial charge in [0.2, 0.25) is 0 Å². The lowest BCUT2D eigenvalue weighted by molar-refractivity contribution is -0.0327. The number of unbranched alkanes of at least 4 members (excludes halogenated alkanes) is 9. The molecule has 0 fully saturated rings. The normalized spacial score (nSPS) is 12.0. The second kappa shape index (κ2) is 14.1. The maximum Gasteiger partial charge on any atom is 0.441 e. The van der Waals surface area contributed by atoms with Crippen LogP contribution in [0.25, 0.3) is 0 Å². The van der Waals surface area contributed by atoms with Crippen molar-refractivity contribution in [2.45, 2.75) is 76.6 Å². The molecule has 0 rings (SSSR count). The van der Waals surface area contributed by atoms with Crippen LogP contribution in [0.3, 0.4) is 0 Å². The Morgan fingerprint density at radius 2 is 1.25 bits per heavy atom. The molecule has 0 aliphatic rings. The Morgan fingerprint density at radius 1 is 0.750 bits per heavy atom. The fourth-order valence-corrected chi connectivity index (χ4v) is 2.58. The topological polar surface area (TPSA) is 12.0 Å². The van der Waals surface area contributed by atoms with E-state index < -0.39 is 5.51 Å². The van der Waals surface area contributed by atoms with Crippen LogP contribution in [0.2, 0.25) is 0 Å². The third-order valence-electron chi connectivity index (χ3n) is 3.25. The maximum atomic E-state index is 11.8. The van der Waals surface area contributed by atoms with Crippen LogP contribution in [0, 0.1) is 0 Å². The summed E-state index contributed by atoms with van der Waals surface area (Å²) < 4.78 is 35.5. The third-order valence-corrected chi connectivity index (χ3v) is 3.99. The van der Waals surface area contributed by atoms with Crippen LogP contribution in [-0.4, -0.2) is 24.4 Å². The Hall–Kier alpha value is 0.100. The van der Waals surface area contributed by atoms with E-state index in [1.54, 1.807) is 0 Å². The molecule has 1 N–H and O–H groups in total. The molecule has 0 atom stereocenters. The summed E-state index contributed by atoms with van der Waals surface area (Å²) in [5.74, 6) is 0.112. The average molecular weight is 313 g/mol. The Balaban J connectivity index is 2.99. The van der Waals surface area contributed by atoms with Gasteiger partial charge in [-0.05, 0) is 24.7 Å². The number of rotatable bonds is 14. The predicted molar refractivity (Wildman–Crippen MR) is 83.2 cm³/mol. The van der Waals surface area contributed by atoms with Crippen LogP contribution in [0.15, 0.2) is 0 Å². The molecule has 0 aliphatic carbocycles. The summed E-state index contributed by atoms with van der Waals surface area (Å²) in [6.07, 6.45) is 12.9. The van der Waals surface area contributed by atoms with Crippen LogP contribution in [0.1, 0.15) is 71.1 Å². The van der Waals surface area contributed by atoms with Crippen LogP contribution in [0.5, 0.6) is 0 Å². The second-order valence-corrected chi connectivity index (χ2v) is 6.39. The number of nitrogens with one attached hydrogen (secondary N) is 1. The van der Waals surface area contributed by atoms with E-state index in [1.807, 2.05) is 0 Å². The van der Waals surface area contributed by atoms with E-state index in [-0.39, 0.29) is 17.5 Å². The summed E-state index contributed by atoms with van der Waals surface area (Å²) in [6, 6.07) is 0. The molecule has 1 nitrogen and oxygen atoms in total. The molecule has 0 heterocycles. The van der Waals surface area contributed by atoms with Crippen LogP contribution in [-0.2, 0) is 0 Å². The minimum absolute atomic E-state index is 0.0539. The van der Waals surface area contributed by atoms with Crippen molar-refractivity contribution < 1.29 is 13.2 Å². The summed E-state index contributed by atoms with van der Waals surface area (Å²) in [6.45, 7) is 3.52. The molecular formula is C15H30F3NS. The second-order valence-electron chi connectivity index (χ2n) is 5.23. The highest BCUT2D eigenvalue weighted by Gasteiger charge is 2.27.